The molecular weight excluding hydrogens is 262 g/mol. The van der Waals surface area contributed by atoms with Crippen LogP contribution >= 0.6 is 0 Å². The highest BCUT2D eigenvalue weighted by Crippen LogP contribution is 2.16. The number of nitrogens with one attached hydrogen (secondary N) is 1. The van der Waals surface area contributed by atoms with E-state index in [-0.39, 0.29) is 6.04 Å². The summed E-state index contributed by atoms with van der Waals surface area (Å²) in [7, 11) is 0. The van der Waals surface area contributed by atoms with Crippen LogP contribution in [-0.2, 0) is 6.54 Å². The number of aromatic nitrogens is 2. The van der Waals surface area contributed by atoms with Crippen molar-refractivity contribution in [2.45, 2.75) is 26.4 Å². The molecule has 1 unspecified atom stereocenters. The third-order valence-corrected chi connectivity index (χ3v) is 3.51. The Kier molecular flexibility index (Phi) is 3.88. The summed E-state index contributed by atoms with van der Waals surface area (Å²) in [5, 5.41) is 7.69. The van der Waals surface area contributed by atoms with Gasteiger partial charge in [0.05, 0.1) is 11.7 Å². The van der Waals surface area contributed by atoms with Crippen LogP contribution in [0.15, 0.2) is 59.3 Å². The minimum absolute atomic E-state index is 0.199. The summed E-state index contributed by atoms with van der Waals surface area (Å²) in [5.41, 5.74) is 2.31. The lowest BCUT2D eigenvalue weighted by Crippen LogP contribution is -2.17. The Bertz CT molecular complexity index is 683. The monoisotopic (exact) mass is 281 g/mol. The summed E-state index contributed by atoms with van der Waals surface area (Å²) < 4.78 is 7.48. The second kappa shape index (κ2) is 5.97. The summed E-state index contributed by atoms with van der Waals surface area (Å²) in [4.78, 5) is 0. The van der Waals surface area contributed by atoms with E-state index in [1.54, 1.807) is 6.20 Å². The fraction of sp³-hybridized carbons (Fsp3) is 0.235. The fourth-order valence-corrected chi connectivity index (χ4v) is 2.25. The maximum atomic E-state index is 5.63. The van der Waals surface area contributed by atoms with Crippen molar-refractivity contribution in [1.29, 1.82) is 0 Å². The van der Waals surface area contributed by atoms with Crippen LogP contribution in [0, 0.1) is 6.92 Å². The van der Waals surface area contributed by atoms with E-state index in [1.807, 2.05) is 36.0 Å². The van der Waals surface area contributed by atoms with Gasteiger partial charge in [0, 0.05) is 18.9 Å². The van der Waals surface area contributed by atoms with Crippen molar-refractivity contribution in [1.82, 2.24) is 15.1 Å². The zero-order chi connectivity index (χ0) is 14.7. The van der Waals surface area contributed by atoms with Crippen LogP contribution in [0.25, 0.3) is 5.69 Å². The van der Waals surface area contributed by atoms with Gasteiger partial charge in [0.1, 0.15) is 11.5 Å². The Morgan fingerprint density at radius 2 is 2.00 bits per heavy atom. The average molecular weight is 281 g/mol. The summed E-state index contributed by atoms with van der Waals surface area (Å²) in [6.45, 7) is 4.88. The topological polar surface area (TPSA) is 43.0 Å². The van der Waals surface area contributed by atoms with Crippen molar-refractivity contribution in [3.63, 3.8) is 0 Å². The molecule has 1 atom stereocenters. The maximum Gasteiger partial charge on any atom is 0.120 e. The van der Waals surface area contributed by atoms with E-state index in [4.69, 9.17) is 4.42 Å². The van der Waals surface area contributed by atoms with Crippen LogP contribution in [0.1, 0.15) is 30.0 Å². The van der Waals surface area contributed by atoms with Crippen LogP contribution in [0.5, 0.6) is 0 Å². The summed E-state index contributed by atoms with van der Waals surface area (Å²) in [6, 6.07) is 14.5. The van der Waals surface area contributed by atoms with Crippen LogP contribution in [-0.4, -0.2) is 9.78 Å². The first-order valence-electron chi connectivity index (χ1n) is 7.11. The molecule has 4 heteroatoms. The quantitative estimate of drug-likeness (QED) is 0.776. The predicted molar refractivity (Wildman–Crippen MR) is 82.3 cm³/mol. The number of hydrogen-bond acceptors (Lipinski definition) is 3. The highest BCUT2D eigenvalue weighted by molar-refractivity contribution is 5.33. The highest BCUT2D eigenvalue weighted by atomic mass is 16.3. The lowest BCUT2D eigenvalue weighted by Gasteiger charge is -2.11. The van der Waals surface area contributed by atoms with E-state index >= 15 is 0 Å². The van der Waals surface area contributed by atoms with Crippen molar-refractivity contribution in [2.24, 2.45) is 0 Å². The lowest BCUT2D eigenvalue weighted by molar-refractivity contribution is 0.416. The number of benzene rings is 1. The van der Waals surface area contributed by atoms with Gasteiger partial charge in [-0.05, 0) is 49.7 Å². The Morgan fingerprint density at radius 1 is 1.19 bits per heavy atom. The largest absolute Gasteiger partial charge is 0.465 e. The van der Waals surface area contributed by atoms with Crippen LogP contribution in [0.3, 0.4) is 0 Å². The number of furan rings is 1. The number of nitrogens with zero attached hydrogens (tertiary/aromatic N) is 2. The maximum absolute atomic E-state index is 5.63. The molecule has 4 nitrogen and oxygen atoms in total. The molecule has 1 N–H and O–H groups in total. The Balaban J connectivity index is 1.61. The van der Waals surface area contributed by atoms with Gasteiger partial charge in [0.2, 0.25) is 0 Å². The molecule has 0 bridgehead atoms. The van der Waals surface area contributed by atoms with Crippen molar-refractivity contribution >= 4 is 0 Å². The molecule has 0 saturated heterocycles. The lowest BCUT2D eigenvalue weighted by atomic mass is 10.2. The van der Waals surface area contributed by atoms with Crippen molar-refractivity contribution in [3.05, 3.63) is 71.9 Å². The van der Waals surface area contributed by atoms with Gasteiger partial charge in [-0.2, -0.15) is 5.10 Å². The molecule has 0 radical (unpaired) electrons. The Labute approximate surface area is 124 Å². The molecule has 3 rings (SSSR count). The van der Waals surface area contributed by atoms with E-state index < -0.39 is 0 Å². The van der Waals surface area contributed by atoms with Crippen molar-refractivity contribution < 1.29 is 4.42 Å². The first kappa shape index (κ1) is 13.6. The van der Waals surface area contributed by atoms with Gasteiger partial charge in [0.15, 0.2) is 0 Å². The molecule has 0 spiro atoms. The molecule has 2 aromatic heterocycles. The van der Waals surface area contributed by atoms with Gasteiger partial charge >= 0.3 is 0 Å². The molecule has 0 aliphatic carbocycles. The van der Waals surface area contributed by atoms with E-state index in [1.165, 1.54) is 5.56 Å². The van der Waals surface area contributed by atoms with Gasteiger partial charge in [0.25, 0.3) is 0 Å². The highest BCUT2D eigenvalue weighted by Gasteiger charge is 2.08. The van der Waals surface area contributed by atoms with E-state index in [2.05, 4.69) is 41.6 Å². The smallest absolute Gasteiger partial charge is 0.120 e. The Hall–Kier alpha value is -2.33. The Morgan fingerprint density at radius 3 is 2.62 bits per heavy atom. The first-order chi connectivity index (χ1) is 10.2. The minimum atomic E-state index is 0.199. The van der Waals surface area contributed by atoms with E-state index in [9.17, 15) is 0 Å². The molecule has 0 aliphatic rings. The van der Waals surface area contributed by atoms with Crippen LogP contribution in [0.2, 0.25) is 0 Å². The third kappa shape index (κ3) is 3.23. The molecule has 21 heavy (non-hydrogen) atoms. The van der Waals surface area contributed by atoms with Crippen LogP contribution in [0.4, 0.5) is 0 Å². The molecule has 2 heterocycles. The second-order valence-corrected chi connectivity index (χ2v) is 5.17. The molecular formula is C17H19N3O. The molecule has 0 fully saturated rings. The zero-order valence-corrected chi connectivity index (χ0v) is 12.3. The predicted octanol–water partition coefficient (Wildman–Crippen LogP) is 3.62. The van der Waals surface area contributed by atoms with Gasteiger partial charge < -0.3 is 9.73 Å². The standard InChI is InChI=1S/C17H19N3O/c1-13-4-9-17(21-13)14(2)18-12-15-5-7-16(8-6-15)20-11-3-10-19-20/h3-11,14,18H,12H2,1-2H3. The SMILES string of the molecule is Cc1ccc(C(C)NCc2ccc(-n3cccn3)cc2)o1. The van der Waals surface area contributed by atoms with E-state index in [0.717, 1.165) is 23.8 Å². The van der Waals surface area contributed by atoms with Gasteiger partial charge in [-0.1, -0.05) is 12.1 Å². The van der Waals surface area contributed by atoms with Gasteiger partial charge in [-0.25, -0.2) is 4.68 Å². The van der Waals surface area contributed by atoms with Gasteiger partial charge in [-0.15, -0.1) is 0 Å². The van der Waals surface area contributed by atoms with Crippen molar-refractivity contribution in [3.8, 4) is 5.69 Å². The molecule has 0 saturated carbocycles. The molecule has 1 aromatic carbocycles. The van der Waals surface area contributed by atoms with Gasteiger partial charge in [-0.3, -0.25) is 0 Å². The molecule has 0 amide bonds. The number of hydrogen-bond donors (Lipinski definition) is 1. The summed E-state index contributed by atoms with van der Waals surface area (Å²) in [6.07, 6.45) is 3.72. The second-order valence-electron chi connectivity index (χ2n) is 5.17. The van der Waals surface area contributed by atoms with Crippen molar-refractivity contribution in [2.75, 3.05) is 0 Å². The third-order valence-electron chi connectivity index (χ3n) is 3.51. The first-order valence-corrected chi connectivity index (χ1v) is 7.11. The molecule has 0 aliphatic heterocycles. The molecule has 108 valence electrons. The normalized spacial score (nSPS) is 12.5. The molecule has 3 aromatic rings. The average Bonchev–Trinajstić information content (AvgIpc) is 3.16. The minimum Gasteiger partial charge on any atom is -0.465 e. The van der Waals surface area contributed by atoms with Crippen LogP contribution < -0.4 is 5.32 Å². The zero-order valence-electron chi connectivity index (χ0n) is 12.3. The fourth-order valence-electron chi connectivity index (χ4n) is 2.25. The van der Waals surface area contributed by atoms with E-state index in [0.29, 0.717) is 0 Å². The summed E-state index contributed by atoms with van der Waals surface area (Å²) in [5.74, 6) is 1.92. The number of aryl methyl sites for hydroxylation is 1. The number of rotatable bonds is 5. The summed E-state index contributed by atoms with van der Waals surface area (Å²) >= 11 is 0.